The van der Waals surface area contributed by atoms with Crippen LogP contribution in [0.2, 0.25) is 0 Å². The summed E-state index contributed by atoms with van der Waals surface area (Å²) < 4.78 is 16.0. The van der Waals surface area contributed by atoms with Gasteiger partial charge < -0.3 is 19.5 Å². The highest BCUT2D eigenvalue weighted by Gasteiger charge is 2.13. The summed E-state index contributed by atoms with van der Waals surface area (Å²) in [5.41, 5.74) is 2.86. The van der Waals surface area contributed by atoms with Gasteiger partial charge in [-0.1, -0.05) is 24.3 Å². The molecule has 25 heavy (non-hydrogen) atoms. The molecule has 3 rings (SSSR count). The molecule has 2 aromatic carbocycles. The van der Waals surface area contributed by atoms with Crippen LogP contribution >= 0.6 is 0 Å². The van der Waals surface area contributed by atoms with Gasteiger partial charge in [-0.2, -0.15) is 0 Å². The highest BCUT2D eigenvalue weighted by Crippen LogP contribution is 2.32. The number of ether oxygens (including phenoxy) is 3. The Morgan fingerprint density at radius 1 is 1.20 bits per heavy atom. The molecule has 1 amide bonds. The van der Waals surface area contributed by atoms with E-state index in [2.05, 4.69) is 5.32 Å². The number of allylic oxidation sites excluding steroid dienone is 1. The average Bonchev–Trinajstić information content (AvgIpc) is 3.09. The first kappa shape index (κ1) is 16.9. The molecule has 130 valence electrons. The lowest BCUT2D eigenvalue weighted by Gasteiger charge is -2.09. The van der Waals surface area contributed by atoms with Crippen LogP contribution < -0.4 is 19.5 Å². The van der Waals surface area contributed by atoms with Crippen LogP contribution in [0.3, 0.4) is 0 Å². The molecule has 1 aliphatic rings. The first-order valence-corrected chi connectivity index (χ1v) is 8.15. The number of para-hydroxylation sites is 1. The third kappa shape index (κ3) is 4.12. The van der Waals surface area contributed by atoms with E-state index in [4.69, 9.17) is 14.2 Å². The van der Waals surface area contributed by atoms with Gasteiger partial charge in [0.05, 0.1) is 7.11 Å². The fraction of sp³-hybridized carbons (Fsp3) is 0.250. The number of hydrogen-bond donors (Lipinski definition) is 1. The molecule has 0 saturated heterocycles. The molecule has 0 unspecified atom stereocenters. The van der Waals surface area contributed by atoms with Crippen LogP contribution in [0, 0.1) is 0 Å². The number of nitrogens with one attached hydrogen (secondary N) is 1. The summed E-state index contributed by atoms with van der Waals surface area (Å²) in [6.45, 7) is 2.71. The van der Waals surface area contributed by atoms with Crippen LogP contribution in [-0.2, 0) is 11.2 Å². The average molecular weight is 339 g/mol. The van der Waals surface area contributed by atoms with E-state index in [-0.39, 0.29) is 12.7 Å². The Bertz CT molecular complexity index is 798. The van der Waals surface area contributed by atoms with Gasteiger partial charge in [0, 0.05) is 18.2 Å². The first-order valence-electron chi connectivity index (χ1n) is 8.15. The van der Waals surface area contributed by atoms with Gasteiger partial charge in [0.25, 0.3) is 0 Å². The predicted octanol–water partition coefficient (Wildman–Crippen LogP) is 3.19. The van der Waals surface area contributed by atoms with Crippen molar-refractivity contribution < 1.29 is 19.0 Å². The number of carbonyl (C=O) groups excluding carboxylic acids is 1. The summed E-state index contributed by atoms with van der Waals surface area (Å²) in [6.07, 6.45) is 2.32. The van der Waals surface area contributed by atoms with Crippen molar-refractivity contribution in [3.05, 3.63) is 59.7 Å². The molecule has 2 aromatic rings. The lowest BCUT2D eigenvalue weighted by molar-refractivity contribution is -0.116. The zero-order valence-electron chi connectivity index (χ0n) is 14.4. The smallest absolute Gasteiger partial charge is 0.244 e. The van der Waals surface area contributed by atoms with Crippen LogP contribution in [0.15, 0.2) is 48.5 Å². The van der Waals surface area contributed by atoms with E-state index in [1.165, 1.54) is 0 Å². The van der Waals surface area contributed by atoms with Crippen LogP contribution in [0.5, 0.6) is 17.2 Å². The van der Waals surface area contributed by atoms with E-state index in [0.29, 0.717) is 6.54 Å². The standard InChI is InChI=1S/C20H21NO4/c1-14(16-5-3-4-6-17(16)23-2)11-20(22)21-10-9-15-7-8-18-19(12-15)25-13-24-18/h3-8,11-12H,9-10,13H2,1-2H3,(H,21,22)/b14-11-. The number of methoxy groups -OCH3 is 1. The summed E-state index contributed by atoms with van der Waals surface area (Å²) in [4.78, 5) is 12.1. The predicted molar refractivity (Wildman–Crippen MR) is 95.9 cm³/mol. The number of benzene rings is 2. The minimum atomic E-state index is -0.121. The fourth-order valence-electron chi connectivity index (χ4n) is 2.72. The second-order valence-corrected chi connectivity index (χ2v) is 5.76. The van der Waals surface area contributed by atoms with Crippen LogP contribution in [-0.4, -0.2) is 26.4 Å². The van der Waals surface area contributed by atoms with Crippen molar-refractivity contribution in [2.75, 3.05) is 20.4 Å². The molecular formula is C20H21NO4. The summed E-state index contributed by atoms with van der Waals surface area (Å²) in [5, 5.41) is 2.91. The van der Waals surface area contributed by atoms with E-state index in [9.17, 15) is 4.79 Å². The van der Waals surface area contributed by atoms with Crippen molar-refractivity contribution in [3.8, 4) is 17.2 Å². The van der Waals surface area contributed by atoms with Crippen molar-refractivity contribution in [1.29, 1.82) is 0 Å². The van der Waals surface area contributed by atoms with E-state index in [1.807, 2.05) is 49.4 Å². The Labute approximate surface area is 147 Å². The molecule has 0 fully saturated rings. The van der Waals surface area contributed by atoms with Gasteiger partial charge in [0.2, 0.25) is 12.7 Å². The maximum atomic E-state index is 12.1. The molecular weight excluding hydrogens is 318 g/mol. The molecule has 0 radical (unpaired) electrons. The SMILES string of the molecule is COc1ccccc1/C(C)=C\C(=O)NCCc1ccc2c(c1)OCO2. The first-order chi connectivity index (χ1) is 12.2. The van der Waals surface area contributed by atoms with E-state index in [0.717, 1.165) is 40.4 Å². The zero-order chi connectivity index (χ0) is 17.6. The number of amides is 1. The van der Waals surface area contributed by atoms with Gasteiger partial charge >= 0.3 is 0 Å². The van der Waals surface area contributed by atoms with E-state index in [1.54, 1.807) is 13.2 Å². The van der Waals surface area contributed by atoms with E-state index >= 15 is 0 Å². The summed E-state index contributed by atoms with van der Waals surface area (Å²) >= 11 is 0. The third-order valence-electron chi connectivity index (χ3n) is 4.03. The summed E-state index contributed by atoms with van der Waals surface area (Å²) in [5.74, 6) is 2.16. The lowest BCUT2D eigenvalue weighted by atomic mass is 10.1. The van der Waals surface area contributed by atoms with Crippen molar-refractivity contribution in [2.45, 2.75) is 13.3 Å². The van der Waals surface area contributed by atoms with Gasteiger partial charge in [-0.25, -0.2) is 0 Å². The molecule has 5 nitrogen and oxygen atoms in total. The molecule has 1 heterocycles. The maximum absolute atomic E-state index is 12.1. The summed E-state index contributed by atoms with van der Waals surface area (Å²) in [7, 11) is 1.62. The van der Waals surface area contributed by atoms with Gasteiger partial charge in [-0.05, 0) is 42.7 Å². The highest BCUT2D eigenvalue weighted by molar-refractivity contribution is 5.95. The molecule has 0 bridgehead atoms. The Kier molecular flexibility index (Phi) is 5.23. The van der Waals surface area contributed by atoms with Crippen molar-refractivity contribution in [2.24, 2.45) is 0 Å². The van der Waals surface area contributed by atoms with Gasteiger partial charge in [-0.3, -0.25) is 4.79 Å². The van der Waals surface area contributed by atoms with Crippen LogP contribution in [0.25, 0.3) is 5.57 Å². The zero-order valence-corrected chi connectivity index (χ0v) is 14.4. The minimum absolute atomic E-state index is 0.121. The monoisotopic (exact) mass is 339 g/mol. The van der Waals surface area contributed by atoms with Crippen molar-refractivity contribution in [3.63, 3.8) is 0 Å². The topological polar surface area (TPSA) is 56.8 Å². The van der Waals surface area contributed by atoms with Gasteiger partial charge in [-0.15, -0.1) is 0 Å². The van der Waals surface area contributed by atoms with Crippen LogP contribution in [0.4, 0.5) is 0 Å². The molecule has 1 N–H and O–H groups in total. The number of rotatable bonds is 6. The minimum Gasteiger partial charge on any atom is -0.496 e. The normalized spacial score (nSPS) is 12.8. The molecule has 0 aromatic heterocycles. The Morgan fingerprint density at radius 3 is 2.84 bits per heavy atom. The molecule has 5 heteroatoms. The second-order valence-electron chi connectivity index (χ2n) is 5.76. The highest BCUT2D eigenvalue weighted by atomic mass is 16.7. The molecule has 0 saturated carbocycles. The second kappa shape index (κ2) is 7.75. The summed E-state index contributed by atoms with van der Waals surface area (Å²) in [6, 6.07) is 13.5. The van der Waals surface area contributed by atoms with E-state index < -0.39 is 0 Å². The fourth-order valence-corrected chi connectivity index (χ4v) is 2.72. The molecule has 0 aliphatic carbocycles. The van der Waals surface area contributed by atoms with Crippen molar-refractivity contribution in [1.82, 2.24) is 5.32 Å². The molecule has 0 spiro atoms. The third-order valence-corrected chi connectivity index (χ3v) is 4.03. The quantitative estimate of drug-likeness (QED) is 0.821. The van der Waals surface area contributed by atoms with Gasteiger partial charge in [0.1, 0.15) is 5.75 Å². The molecule has 0 atom stereocenters. The largest absolute Gasteiger partial charge is 0.496 e. The number of fused-ring (bicyclic) bond motifs is 1. The maximum Gasteiger partial charge on any atom is 0.244 e. The number of hydrogen-bond acceptors (Lipinski definition) is 4. The van der Waals surface area contributed by atoms with Crippen LogP contribution in [0.1, 0.15) is 18.1 Å². The Hall–Kier alpha value is -2.95. The van der Waals surface area contributed by atoms with Crippen molar-refractivity contribution >= 4 is 11.5 Å². The Morgan fingerprint density at radius 2 is 2.00 bits per heavy atom. The van der Waals surface area contributed by atoms with Gasteiger partial charge in [0.15, 0.2) is 11.5 Å². The molecule has 1 aliphatic heterocycles. The lowest BCUT2D eigenvalue weighted by Crippen LogP contribution is -2.23. The number of carbonyl (C=O) groups is 1. The Balaban J connectivity index is 1.55.